The third-order valence-electron chi connectivity index (χ3n) is 2.86. The zero-order valence-corrected chi connectivity index (χ0v) is 14.1. The molecule has 1 heterocycles. The number of anilines is 1. The second-order valence-electron chi connectivity index (χ2n) is 4.40. The molecular weight excluding hydrogens is 334 g/mol. The van der Waals surface area contributed by atoms with Gasteiger partial charge in [0.15, 0.2) is 5.82 Å². The topological polar surface area (TPSA) is 51.8 Å². The summed E-state index contributed by atoms with van der Waals surface area (Å²) in [7, 11) is 0. The molecule has 2 rings (SSSR count). The number of hydrogen-bond acceptors (Lipinski definition) is 4. The minimum atomic E-state index is 0.505. The minimum Gasteiger partial charge on any atom is -0.383 e. The molecule has 0 atom stereocenters. The van der Waals surface area contributed by atoms with E-state index in [2.05, 4.69) is 64.0 Å². The van der Waals surface area contributed by atoms with Crippen LogP contribution < -0.4 is 5.73 Å². The number of benzene rings is 1. The zero-order valence-electron chi connectivity index (χ0n) is 11.7. The van der Waals surface area contributed by atoms with Gasteiger partial charge in [0.2, 0.25) is 0 Å². The van der Waals surface area contributed by atoms with Crippen molar-refractivity contribution >= 4 is 33.5 Å². The molecule has 3 nitrogen and oxygen atoms in total. The second kappa shape index (κ2) is 7.09. The Labute approximate surface area is 132 Å². The molecule has 1 aromatic carbocycles. The number of nitrogens with two attached hydrogens (primary N) is 1. The summed E-state index contributed by atoms with van der Waals surface area (Å²) in [6.45, 7) is 4.27. The normalized spacial score (nSPS) is 10.8. The van der Waals surface area contributed by atoms with Crippen molar-refractivity contribution in [3.8, 4) is 11.4 Å². The van der Waals surface area contributed by atoms with Crippen LogP contribution in [0, 0.1) is 0 Å². The minimum absolute atomic E-state index is 0.505. The lowest BCUT2D eigenvalue weighted by molar-refractivity contribution is 0.870. The molecule has 0 unspecified atom stereocenters. The summed E-state index contributed by atoms with van der Waals surface area (Å²) >= 11 is 5.29. The van der Waals surface area contributed by atoms with E-state index >= 15 is 0 Å². The van der Waals surface area contributed by atoms with E-state index in [4.69, 9.17) is 5.73 Å². The Balaban J connectivity index is 2.36. The molecule has 1 aromatic heterocycles. The van der Waals surface area contributed by atoms with Crippen LogP contribution in [0.25, 0.3) is 11.4 Å². The third-order valence-corrected chi connectivity index (χ3v) is 4.61. The number of nitrogens with zero attached hydrogens (tertiary/aromatic N) is 2. The molecule has 5 heteroatoms. The van der Waals surface area contributed by atoms with Gasteiger partial charge in [-0.3, -0.25) is 0 Å². The standard InChI is InChI=1S/C15H18BrN3S/c1-3-5-12-13(16)14(17)19-15(18-12)10-6-8-11(9-7-10)20-4-2/h6-9H,3-5H2,1-2H3,(H2,17,18,19). The number of thioether (sulfide) groups is 1. The summed E-state index contributed by atoms with van der Waals surface area (Å²) < 4.78 is 0.821. The lowest BCUT2D eigenvalue weighted by atomic mass is 10.2. The van der Waals surface area contributed by atoms with Crippen molar-refractivity contribution in [1.82, 2.24) is 9.97 Å². The van der Waals surface area contributed by atoms with Crippen LogP contribution in [0.4, 0.5) is 5.82 Å². The fraction of sp³-hybridized carbons (Fsp3) is 0.333. The molecule has 106 valence electrons. The summed E-state index contributed by atoms with van der Waals surface area (Å²) in [6.07, 6.45) is 1.92. The van der Waals surface area contributed by atoms with Gasteiger partial charge in [-0.15, -0.1) is 11.8 Å². The Morgan fingerprint density at radius 2 is 1.85 bits per heavy atom. The highest BCUT2D eigenvalue weighted by Crippen LogP contribution is 2.27. The number of rotatable bonds is 5. The molecule has 2 aromatic rings. The van der Waals surface area contributed by atoms with Gasteiger partial charge in [0, 0.05) is 10.5 Å². The Hall–Kier alpha value is -1.07. The molecule has 0 aliphatic rings. The van der Waals surface area contributed by atoms with Crippen molar-refractivity contribution in [2.75, 3.05) is 11.5 Å². The van der Waals surface area contributed by atoms with Gasteiger partial charge >= 0.3 is 0 Å². The first-order chi connectivity index (χ1) is 9.65. The van der Waals surface area contributed by atoms with E-state index in [1.165, 1.54) is 4.90 Å². The summed E-state index contributed by atoms with van der Waals surface area (Å²) in [5, 5.41) is 0. The summed E-state index contributed by atoms with van der Waals surface area (Å²) in [5.74, 6) is 2.27. The summed E-state index contributed by atoms with van der Waals surface area (Å²) in [6, 6.07) is 8.31. The first-order valence-corrected chi connectivity index (χ1v) is 8.48. The van der Waals surface area contributed by atoms with E-state index in [-0.39, 0.29) is 0 Å². The molecule has 20 heavy (non-hydrogen) atoms. The molecule has 0 saturated heterocycles. The molecule has 2 N–H and O–H groups in total. The molecular formula is C15H18BrN3S. The highest BCUT2D eigenvalue weighted by atomic mass is 79.9. The van der Waals surface area contributed by atoms with Gasteiger partial charge in [0.1, 0.15) is 5.82 Å². The molecule has 0 fully saturated rings. The van der Waals surface area contributed by atoms with E-state index in [0.717, 1.165) is 34.3 Å². The highest BCUT2D eigenvalue weighted by Gasteiger charge is 2.11. The molecule has 0 aliphatic heterocycles. The first kappa shape index (κ1) is 15.3. The highest BCUT2D eigenvalue weighted by molar-refractivity contribution is 9.10. The van der Waals surface area contributed by atoms with Gasteiger partial charge in [0.05, 0.1) is 10.2 Å². The van der Waals surface area contributed by atoms with E-state index in [0.29, 0.717) is 11.6 Å². The van der Waals surface area contributed by atoms with Gasteiger partial charge in [0.25, 0.3) is 0 Å². The van der Waals surface area contributed by atoms with Crippen molar-refractivity contribution in [3.05, 3.63) is 34.4 Å². The Morgan fingerprint density at radius 1 is 1.15 bits per heavy atom. The van der Waals surface area contributed by atoms with E-state index in [1.54, 1.807) is 0 Å². The maximum absolute atomic E-state index is 5.96. The average Bonchev–Trinajstić information content (AvgIpc) is 2.45. The monoisotopic (exact) mass is 351 g/mol. The smallest absolute Gasteiger partial charge is 0.161 e. The van der Waals surface area contributed by atoms with Crippen molar-refractivity contribution in [3.63, 3.8) is 0 Å². The average molecular weight is 352 g/mol. The third kappa shape index (κ3) is 3.52. The van der Waals surface area contributed by atoms with Crippen LogP contribution in [0.1, 0.15) is 26.0 Å². The van der Waals surface area contributed by atoms with Crippen LogP contribution in [0.3, 0.4) is 0 Å². The maximum atomic E-state index is 5.96. The molecule has 0 aliphatic carbocycles. The Kier molecular flexibility index (Phi) is 5.43. The Morgan fingerprint density at radius 3 is 2.45 bits per heavy atom. The van der Waals surface area contributed by atoms with E-state index in [1.807, 2.05) is 11.8 Å². The van der Waals surface area contributed by atoms with Crippen LogP contribution in [-0.2, 0) is 6.42 Å². The van der Waals surface area contributed by atoms with Crippen LogP contribution in [0.5, 0.6) is 0 Å². The quantitative estimate of drug-likeness (QED) is 0.802. The number of aromatic nitrogens is 2. The molecule has 0 bridgehead atoms. The Bertz CT molecular complexity index is 584. The molecule has 0 amide bonds. The number of aryl methyl sites for hydroxylation is 1. The molecule has 0 saturated carbocycles. The predicted molar refractivity (Wildman–Crippen MR) is 90.0 cm³/mol. The molecule has 0 spiro atoms. The number of hydrogen-bond donors (Lipinski definition) is 1. The van der Waals surface area contributed by atoms with Crippen molar-refractivity contribution in [1.29, 1.82) is 0 Å². The van der Waals surface area contributed by atoms with E-state index < -0.39 is 0 Å². The van der Waals surface area contributed by atoms with Gasteiger partial charge in [-0.2, -0.15) is 0 Å². The lowest BCUT2D eigenvalue weighted by Crippen LogP contribution is -2.02. The maximum Gasteiger partial charge on any atom is 0.161 e. The van der Waals surface area contributed by atoms with Crippen LogP contribution in [0.15, 0.2) is 33.6 Å². The van der Waals surface area contributed by atoms with Gasteiger partial charge in [-0.1, -0.05) is 32.4 Å². The number of nitrogen functional groups attached to an aromatic ring is 1. The lowest BCUT2D eigenvalue weighted by Gasteiger charge is -2.09. The van der Waals surface area contributed by atoms with Gasteiger partial charge < -0.3 is 5.73 Å². The van der Waals surface area contributed by atoms with Gasteiger partial charge in [-0.05, 0) is 40.2 Å². The summed E-state index contributed by atoms with van der Waals surface area (Å²) in [4.78, 5) is 10.3. The fourth-order valence-corrected chi connectivity index (χ4v) is 2.95. The van der Waals surface area contributed by atoms with Gasteiger partial charge in [-0.25, -0.2) is 9.97 Å². The van der Waals surface area contributed by atoms with Crippen molar-refractivity contribution < 1.29 is 0 Å². The van der Waals surface area contributed by atoms with Crippen LogP contribution in [-0.4, -0.2) is 15.7 Å². The second-order valence-corrected chi connectivity index (χ2v) is 6.53. The predicted octanol–water partition coefficient (Wildman–Crippen LogP) is 4.55. The van der Waals surface area contributed by atoms with E-state index in [9.17, 15) is 0 Å². The molecule has 0 radical (unpaired) electrons. The van der Waals surface area contributed by atoms with Crippen LogP contribution >= 0.6 is 27.7 Å². The first-order valence-electron chi connectivity index (χ1n) is 6.70. The van der Waals surface area contributed by atoms with Crippen molar-refractivity contribution in [2.45, 2.75) is 31.6 Å². The van der Waals surface area contributed by atoms with Crippen molar-refractivity contribution in [2.24, 2.45) is 0 Å². The largest absolute Gasteiger partial charge is 0.383 e. The number of halogens is 1. The van der Waals surface area contributed by atoms with Crippen LogP contribution in [0.2, 0.25) is 0 Å². The summed E-state index contributed by atoms with van der Waals surface area (Å²) in [5.41, 5.74) is 7.94. The SMILES string of the molecule is CCCc1nc(-c2ccc(SCC)cc2)nc(N)c1Br. The zero-order chi connectivity index (χ0) is 14.5. The fourth-order valence-electron chi connectivity index (χ4n) is 1.91.